The molecule has 15 heteroatoms. The summed E-state index contributed by atoms with van der Waals surface area (Å²) in [7, 11) is 2.29. The number of hydrogen-bond acceptors (Lipinski definition) is 11. The van der Waals surface area contributed by atoms with Crippen LogP contribution in [0.4, 0.5) is 5.82 Å². The molecule has 14 nitrogen and oxygen atoms in total. The molecule has 42 heavy (non-hydrogen) atoms. The third-order valence-electron chi connectivity index (χ3n) is 7.45. The van der Waals surface area contributed by atoms with Crippen molar-refractivity contribution in [3.8, 4) is 0 Å². The van der Waals surface area contributed by atoms with Crippen LogP contribution in [0, 0.1) is 6.57 Å². The second-order valence-electron chi connectivity index (χ2n) is 11.5. The van der Waals surface area contributed by atoms with Gasteiger partial charge in [-0.3, -0.25) is 9.47 Å². The highest BCUT2D eigenvalue weighted by molar-refractivity contribution is 7.44. The number of imidazole rings is 1. The zero-order valence-corrected chi connectivity index (χ0v) is 26.2. The number of aromatic nitrogens is 4. The molecule has 5 heterocycles. The Morgan fingerprint density at radius 3 is 2.67 bits per heavy atom. The first kappa shape index (κ1) is 31.1. The number of nitrogens with zero attached hydrogens (tertiary/aromatic N) is 9. The summed E-state index contributed by atoms with van der Waals surface area (Å²) in [6.45, 7) is 20.3. The maximum absolute atomic E-state index is 7.24. The molecule has 2 aromatic heterocycles. The average molecular weight is 604 g/mol. The van der Waals surface area contributed by atoms with Crippen LogP contribution in [0.1, 0.15) is 33.9 Å². The molecule has 0 aromatic carbocycles. The number of aliphatic imine (C=N–C) groups is 1. The Morgan fingerprint density at radius 2 is 1.98 bits per heavy atom. The summed E-state index contributed by atoms with van der Waals surface area (Å²) in [6, 6.07) is 0.345. The van der Waals surface area contributed by atoms with Gasteiger partial charge in [0, 0.05) is 45.8 Å². The maximum atomic E-state index is 7.24. The first-order valence-corrected chi connectivity index (χ1v) is 15.6. The molecule has 230 valence electrons. The fraction of sp³-hybridized carbons (Fsp3) is 0.741. The summed E-state index contributed by atoms with van der Waals surface area (Å²) >= 11 is 0. The lowest BCUT2D eigenvalue weighted by Gasteiger charge is -2.40. The van der Waals surface area contributed by atoms with E-state index in [9.17, 15) is 0 Å². The van der Waals surface area contributed by atoms with Gasteiger partial charge in [0.1, 0.15) is 30.7 Å². The van der Waals surface area contributed by atoms with Crippen LogP contribution in [0.15, 0.2) is 17.6 Å². The first-order valence-electron chi connectivity index (χ1n) is 14.4. The van der Waals surface area contributed by atoms with E-state index in [1.165, 1.54) is 6.33 Å². The Bertz CT molecular complexity index is 1260. The molecule has 2 aromatic rings. The molecular weight excluding hydrogens is 561 g/mol. The molecule has 3 aliphatic rings. The van der Waals surface area contributed by atoms with E-state index >= 15 is 0 Å². The van der Waals surface area contributed by atoms with E-state index in [1.54, 1.807) is 12.7 Å². The van der Waals surface area contributed by atoms with Crippen LogP contribution in [0.3, 0.4) is 0 Å². The van der Waals surface area contributed by atoms with E-state index in [0.717, 1.165) is 13.1 Å². The quantitative estimate of drug-likeness (QED) is 0.111. The summed E-state index contributed by atoms with van der Waals surface area (Å²) in [4.78, 5) is 25.6. The molecule has 0 amide bonds. The molecule has 3 aliphatic heterocycles. The van der Waals surface area contributed by atoms with Gasteiger partial charge in [0.2, 0.25) is 6.54 Å². The van der Waals surface area contributed by atoms with Gasteiger partial charge in [-0.25, -0.2) is 31.2 Å². The fourth-order valence-electron chi connectivity index (χ4n) is 5.71. The van der Waals surface area contributed by atoms with Gasteiger partial charge >= 0.3 is 0 Å². The van der Waals surface area contributed by atoms with Crippen LogP contribution in [-0.4, -0.2) is 137 Å². The zero-order chi connectivity index (χ0) is 29.9. The monoisotopic (exact) mass is 603 g/mol. The van der Waals surface area contributed by atoms with Gasteiger partial charge in [-0.1, -0.05) is 0 Å². The summed E-state index contributed by atoms with van der Waals surface area (Å²) in [5.74, 6) is 0.480. The molecule has 0 saturated carbocycles. The molecule has 0 aliphatic carbocycles. The molecule has 3 saturated heterocycles. The summed E-state index contributed by atoms with van der Waals surface area (Å²) in [5.41, 5.74) is 0.446. The van der Waals surface area contributed by atoms with E-state index in [0.29, 0.717) is 50.0 Å². The Balaban J connectivity index is 1.49. The Hall–Kier alpha value is -2.34. The van der Waals surface area contributed by atoms with Crippen molar-refractivity contribution in [2.45, 2.75) is 63.8 Å². The molecule has 5 atom stereocenters. The largest absolute Gasteiger partial charge is 0.379 e. The van der Waals surface area contributed by atoms with Crippen LogP contribution < -0.4 is 0 Å². The van der Waals surface area contributed by atoms with Crippen molar-refractivity contribution in [1.82, 2.24) is 34.0 Å². The van der Waals surface area contributed by atoms with Crippen molar-refractivity contribution in [2.24, 2.45) is 4.99 Å². The van der Waals surface area contributed by atoms with E-state index in [4.69, 9.17) is 29.8 Å². The highest BCUT2D eigenvalue weighted by Crippen LogP contribution is 2.55. The van der Waals surface area contributed by atoms with E-state index in [1.807, 2.05) is 23.6 Å². The van der Waals surface area contributed by atoms with Crippen molar-refractivity contribution in [1.29, 1.82) is 0 Å². The van der Waals surface area contributed by atoms with Gasteiger partial charge in [0.25, 0.3) is 8.53 Å². The van der Waals surface area contributed by atoms with Crippen molar-refractivity contribution < 1.29 is 23.3 Å². The topological polar surface area (TPSA) is 116 Å². The number of ether oxygens (including phenoxy) is 3. The van der Waals surface area contributed by atoms with Crippen LogP contribution in [0.25, 0.3) is 16.0 Å². The highest BCUT2D eigenvalue weighted by Gasteiger charge is 2.64. The third kappa shape index (κ3) is 6.44. The van der Waals surface area contributed by atoms with E-state index in [-0.39, 0.29) is 18.6 Å². The molecule has 0 spiro atoms. The van der Waals surface area contributed by atoms with E-state index in [2.05, 4.69) is 62.1 Å². The fourth-order valence-corrected chi connectivity index (χ4v) is 7.51. The molecule has 5 rings (SSSR count). The minimum atomic E-state index is -1.51. The molecule has 0 N–H and O–H groups in total. The minimum absolute atomic E-state index is 0.173. The average Bonchev–Trinajstić information content (AvgIpc) is 3.61. The predicted octanol–water partition coefficient (Wildman–Crippen LogP) is 2.71. The molecular formula is C27H42N9O5P. The normalized spacial score (nSPS) is 27.2. The van der Waals surface area contributed by atoms with Crippen molar-refractivity contribution in [2.75, 3.05) is 66.7 Å². The number of fused-ring (bicyclic) bond motifs is 3. The van der Waals surface area contributed by atoms with Crippen LogP contribution in [-0.2, 0) is 23.3 Å². The van der Waals surface area contributed by atoms with Crippen molar-refractivity contribution in [3.05, 3.63) is 24.1 Å². The second-order valence-corrected chi connectivity index (χ2v) is 12.9. The van der Waals surface area contributed by atoms with Crippen LogP contribution in [0.2, 0.25) is 0 Å². The molecule has 0 radical (unpaired) electrons. The van der Waals surface area contributed by atoms with Crippen LogP contribution >= 0.6 is 8.53 Å². The lowest BCUT2D eigenvalue weighted by Crippen LogP contribution is -2.53. The van der Waals surface area contributed by atoms with Gasteiger partial charge in [-0.05, 0) is 27.7 Å². The summed E-state index contributed by atoms with van der Waals surface area (Å²) in [5, 5.41) is 0. The molecule has 3 fully saturated rings. The van der Waals surface area contributed by atoms with Gasteiger partial charge < -0.3 is 33.0 Å². The number of rotatable bonds is 13. The highest BCUT2D eigenvalue weighted by atomic mass is 31.2. The minimum Gasteiger partial charge on any atom is -0.379 e. The summed E-state index contributed by atoms with van der Waals surface area (Å²) in [6.07, 6.45) is 3.51. The van der Waals surface area contributed by atoms with Gasteiger partial charge in [0.15, 0.2) is 23.2 Å². The van der Waals surface area contributed by atoms with Gasteiger partial charge in [-0.2, -0.15) is 0 Å². The molecule has 2 bridgehead atoms. The van der Waals surface area contributed by atoms with Crippen molar-refractivity contribution >= 4 is 31.8 Å². The van der Waals surface area contributed by atoms with Crippen LogP contribution in [0.5, 0.6) is 0 Å². The van der Waals surface area contributed by atoms with Gasteiger partial charge in [0.05, 0.1) is 32.5 Å². The number of morpholine rings is 1. The Labute approximate surface area is 248 Å². The SMILES string of the molecule is [C-]#[N+]CCOP(OC1[C@@H]2OC[C@]1(CN1CCOCC1)O[C@H]2n1cnc2c(N=CN(C)C)ncnc21)N(C(C)C)C(C)C. The van der Waals surface area contributed by atoms with Gasteiger partial charge in [-0.15, -0.1) is 0 Å². The molecule has 2 unspecified atom stereocenters. The third-order valence-corrected chi connectivity index (χ3v) is 9.56. The predicted molar refractivity (Wildman–Crippen MR) is 158 cm³/mol. The number of hydrogen-bond donors (Lipinski definition) is 0. The summed E-state index contributed by atoms with van der Waals surface area (Å²) < 4.78 is 36.5. The standard InChI is InChI=1S/C27H42N9O5P/c1-19(2)36(20(3)4)42(39-11-8-28-5)41-23-22-26(40-27(23,15-38-22)14-34-9-12-37-13-10-34)35-18-31-21-24(32-17-33(6)7)29-16-30-25(21)35/h16-20,22-23,26H,8-15H2,1-4,6-7H3/t22-,23?,26+,27-,42?/m0/s1. The smallest absolute Gasteiger partial charge is 0.259 e. The maximum Gasteiger partial charge on any atom is 0.259 e. The van der Waals surface area contributed by atoms with Crippen molar-refractivity contribution in [3.63, 3.8) is 0 Å². The Morgan fingerprint density at radius 1 is 1.21 bits per heavy atom. The Kier molecular flexibility index (Phi) is 10.0. The first-order chi connectivity index (χ1) is 20.2. The van der Waals surface area contributed by atoms with E-state index < -0.39 is 32.6 Å². The zero-order valence-electron chi connectivity index (χ0n) is 25.3. The lowest BCUT2D eigenvalue weighted by molar-refractivity contribution is -0.181. The second kappa shape index (κ2) is 13.5. The lowest BCUT2D eigenvalue weighted by atomic mass is 9.98.